The Balaban J connectivity index is 1.56. The normalized spacial score (nSPS) is 11.8. The highest BCUT2D eigenvalue weighted by atomic mass is 32.2. The molecule has 0 aliphatic rings. The number of amides is 3. The van der Waals surface area contributed by atoms with Crippen molar-refractivity contribution in [2.75, 3.05) is 10.6 Å². The van der Waals surface area contributed by atoms with Crippen LogP contribution in [-0.4, -0.2) is 27.9 Å². The van der Waals surface area contributed by atoms with Crippen molar-refractivity contribution in [3.8, 4) is 0 Å². The lowest BCUT2D eigenvalue weighted by molar-refractivity contribution is -0.385. The summed E-state index contributed by atoms with van der Waals surface area (Å²) in [6, 6.07) is 19.7. The Morgan fingerprint density at radius 3 is 2.17 bits per heavy atom. The fourth-order valence-corrected chi connectivity index (χ4v) is 5.11. The quantitative estimate of drug-likeness (QED) is 0.0397. The van der Waals surface area contributed by atoms with Gasteiger partial charge in [0.2, 0.25) is 5.91 Å². The van der Waals surface area contributed by atoms with E-state index < -0.39 is 56.9 Å². The zero-order valence-electron chi connectivity index (χ0n) is 23.9. The van der Waals surface area contributed by atoms with Crippen molar-refractivity contribution in [3.05, 3.63) is 135 Å². The summed E-state index contributed by atoms with van der Waals surface area (Å²) in [5.74, 6) is -9.24. The Morgan fingerprint density at radius 1 is 0.870 bits per heavy atom. The number of anilines is 2. The first-order valence-electron chi connectivity index (χ1n) is 13.5. The largest absolute Gasteiger partial charge is 0.321 e. The molecule has 3 amide bonds. The van der Waals surface area contributed by atoms with Crippen LogP contribution in [0.3, 0.4) is 0 Å². The topological polar surface area (TPSA) is 130 Å². The van der Waals surface area contributed by atoms with Gasteiger partial charge in [0.25, 0.3) is 17.5 Å². The molecule has 0 aliphatic heterocycles. The summed E-state index contributed by atoms with van der Waals surface area (Å²) in [5.41, 5.74) is -1.37. The minimum Gasteiger partial charge on any atom is -0.321 e. The van der Waals surface area contributed by atoms with E-state index in [1.165, 1.54) is 54.6 Å². The zero-order chi connectivity index (χ0) is 33.4. The summed E-state index contributed by atoms with van der Waals surface area (Å²) in [6.07, 6.45) is 1.31. The van der Waals surface area contributed by atoms with Crippen LogP contribution in [0.5, 0.6) is 0 Å². The van der Waals surface area contributed by atoms with Gasteiger partial charge in [-0.3, -0.25) is 24.5 Å². The molecule has 4 aromatic carbocycles. The van der Waals surface area contributed by atoms with Gasteiger partial charge in [-0.25, -0.2) is 17.6 Å². The Labute approximate surface area is 263 Å². The second-order valence-corrected chi connectivity index (χ2v) is 10.8. The van der Waals surface area contributed by atoms with E-state index in [0.717, 1.165) is 17.8 Å². The van der Waals surface area contributed by atoms with Crippen molar-refractivity contribution in [1.82, 2.24) is 5.32 Å². The van der Waals surface area contributed by atoms with Crippen molar-refractivity contribution in [1.29, 1.82) is 0 Å². The Bertz CT molecular complexity index is 1810. The van der Waals surface area contributed by atoms with Gasteiger partial charge in [0.05, 0.1) is 15.7 Å². The molecule has 0 bridgehead atoms. The SMILES string of the molecule is CCC(Sc1cccc(NC(=O)/C(=C\c2ccccc2[N+](=O)[O-])NC(=O)c2ccccc2)c1)C(=O)Nc1c(F)c(F)cc(F)c1F. The summed E-state index contributed by atoms with van der Waals surface area (Å²) in [7, 11) is 0. The van der Waals surface area contributed by atoms with E-state index in [-0.39, 0.29) is 40.7 Å². The number of nitro benzene ring substituents is 1. The van der Waals surface area contributed by atoms with Gasteiger partial charge in [-0.05, 0) is 48.9 Å². The van der Waals surface area contributed by atoms with Crippen LogP contribution in [0.4, 0.5) is 34.6 Å². The second-order valence-electron chi connectivity index (χ2n) is 9.52. The van der Waals surface area contributed by atoms with E-state index in [2.05, 4.69) is 10.6 Å². The van der Waals surface area contributed by atoms with Gasteiger partial charge in [-0.2, -0.15) is 0 Å². The maximum absolute atomic E-state index is 14.1. The highest BCUT2D eigenvalue weighted by Crippen LogP contribution is 2.31. The third-order valence-electron chi connectivity index (χ3n) is 6.36. The monoisotopic (exact) mass is 652 g/mol. The molecule has 14 heteroatoms. The first-order chi connectivity index (χ1) is 22.0. The fraction of sp³-hybridized carbons (Fsp3) is 0.0938. The number of hydrogen-bond acceptors (Lipinski definition) is 6. The summed E-state index contributed by atoms with van der Waals surface area (Å²) in [4.78, 5) is 50.5. The van der Waals surface area contributed by atoms with E-state index >= 15 is 0 Å². The number of carbonyl (C=O) groups excluding carboxylic acids is 3. The molecule has 46 heavy (non-hydrogen) atoms. The van der Waals surface area contributed by atoms with Gasteiger partial charge < -0.3 is 16.0 Å². The molecule has 1 atom stereocenters. The number of nitrogens with zero attached hydrogens (tertiary/aromatic N) is 1. The van der Waals surface area contributed by atoms with E-state index in [1.54, 1.807) is 31.2 Å². The standard InChI is InChI=1S/C32H24F4N4O5S/c1-2-26(32(43)39-29-27(35)22(33)17-23(34)28(29)36)46-21-13-8-12-20(16-21)37-31(42)24(38-30(41)18-9-4-3-5-10-18)15-19-11-6-7-14-25(19)40(44)45/h3-17,26H,2H2,1H3,(H,37,42)(H,38,41)(H,39,43)/b24-15+. The van der Waals surface area contributed by atoms with Crippen LogP contribution in [0.1, 0.15) is 29.3 Å². The number of halogens is 4. The third kappa shape index (κ3) is 8.15. The number of para-hydroxylation sites is 1. The summed E-state index contributed by atoms with van der Waals surface area (Å²) >= 11 is 0.946. The number of nitrogens with one attached hydrogen (secondary N) is 3. The lowest BCUT2D eigenvalue weighted by Gasteiger charge is -2.17. The van der Waals surface area contributed by atoms with E-state index in [9.17, 15) is 42.1 Å². The van der Waals surface area contributed by atoms with Crippen LogP contribution in [0.2, 0.25) is 0 Å². The number of benzene rings is 4. The van der Waals surface area contributed by atoms with E-state index in [1.807, 2.05) is 5.32 Å². The van der Waals surface area contributed by atoms with Crippen LogP contribution < -0.4 is 16.0 Å². The Kier molecular flexibility index (Phi) is 10.9. The lowest BCUT2D eigenvalue weighted by Crippen LogP contribution is -2.30. The van der Waals surface area contributed by atoms with Gasteiger partial charge in [0, 0.05) is 28.3 Å². The minimum absolute atomic E-state index is 0.0287. The van der Waals surface area contributed by atoms with E-state index in [0.29, 0.717) is 4.90 Å². The smallest absolute Gasteiger partial charge is 0.276 e. The molecule has 3 N–H and O–H groups in total. The molecule has 0 saturated heterocycles. The number of nitro groups is 1. The first kappa shape index (κ1) is 33.4. The van der Waals surface area contributed by atoms with Crippen LogP contribution in [-0.2, 0) is 9.59 Å². The minimum atomic E-state index is -1.75. The van der Waals surface area contributed by atoms with Crippen molar-refractivity contribution in [2.45, 2.75) is 23.5 Å². The molecular weight excluding hydrogens is 628 g/mol. The van der Waals surface area contributed by atoms with Gasteiger partial charge in [0.15, 0.2) is 23.3 Å². The van der Waals surface area contributed by atoms with Crippen LogP contribution in [0.15, 0.2) is 95.5 Å². The summed E-state index contributed by atoms with van der Waals surface area (Å²) < 4.78 is 55.4. The fourth-order valence-electron chi connectivity index (χ4n) is 4.09. The van der Waals surface area contributed by atoms with Gasteiger partial charge in [0.1, 0.15) is 11.4 Å². The van der Waals surface area contributed by atoms with Crippen LogP contribution in [0, 0.1) is 33.4 Å². The number of thioether (sulfide) groups is 1. The molecule has 0 aliphatic carbocycles. The highest BCUT2D eigenvalue weighted by molar-refractivity contribution is 8.00. The molecular formula is C32H24F4N4O5S. The first-order valence-corrected chi connectivity index (χ1v) is 14.4. The van der Waals surface area contributed by atoms with Gasteiger partial charge in [-0.1, -0.05) is 43.3 Å². The number of rotatable bonds is 11. The van der Waals surface area contributed by atoms with Crippen molar-refractivity contribution in [3.63, 3.8) is 0 Å². The Morgan fingerprint density at radius 2 is 1.52 bits per heavy atom. The zero-order valence-corrected chi connectivity index (χ0v) is 24.7. The van der Waals surface area contributed by atoms with Crippen LogP contribution >= 0.6 is 11.8 Å². The predicted molar refractivity (Wildman–Crippen MR) is 165 cm³/mol. The molecule has 1 unspecified atom stereocenters. The van der Waals surface area contributed by atoms with Crippen molar-refractivity contribution >= 4 is 52.6 Å². The molecule has 236 valence electrons. The average Bonchev–Trinajstić information content (AvgIpc) is 3.05. The molecule has 0 fully saturated rings. The Hall–Kier alpha value is -5.50. The molecule has 0 saturated carbocycles. The highest BCUT2D eigenvalue weighted by Gasteiger charge is 2.25. The number of hydrogen-bond donors (Lipinski definition) is 3. The maximum atomic E-state index is 14.1. The molecule has 4 aromatic rings. The van der Waals surface area contributed by atoms with Crippen molar-refractivity contribution < 1.29 is 36.9 Å². The van der Waals surface area contributed by atoms with Gasteiger partial charge >= 0.3 is 0 Å². The predicted octanol–water partition coefficient (Wildman–Crippen LogP) is 7.07. The summed E-state index contributed by atoms with van der Waals surface area (Å²) in [6.45, 7) is 1.61. The van der Waals surface area contributed by atoms with Crippen molar-refractivity contribution in [2.24, 2.45) is 0 Å². The number of carbonyl (C=O) groups is 3. The van der Waals surface area contributed by atoms with E-state index in [4.69, 9.17) is 0 Å². The molecule has 0 spiro atoms. The third-order valence-corrected chi connectivity index (χ3v) is 7.71. The molecule has 0 heterocycles. The van der Waals surface area contributed by atoms with Crippen LogP contribution in [0.25, 0.3) is 6.08 Å². The van der Waals surface area contributed by atoms with Gasteiger partial charge in [-0.15, -0.1) is 11.8 Å². The average molecular weight is 653 g/mol. The molecule has 0 radical (unpaired) electrons. The molecule has 9 nitrogen and oxygen atoms in total. The second kappa shape index (κ2) is 15.0. The molecule has 4 rings (SSSR count). The summed E-state index contributed by atoms with van der Waals surface area (Å²) in [5, 5.41) is 17.6. The molecule has 0 aromatic heterocycles. The maximum Gasteiger partial charge on any atom is 0.276 e. The lowest BCUT2D eigenvalue weighted by atomic mass is 10.1.